The van der Waals surface area contributed by atoms with E-state index in [4.69, 9.17) is 10.2 Å². The minimum atomic E-state index is 0.0249. The quantitative estimate of drug-likeness (QED) is 0.394. The third-order valence-corrected chi connectivity index (χ3v) is 7.45. The first-order chi connectivity index (χ1) is 16.9. The van der Waals surface area contributed by atoms with Crippen molar-refractivity contribution in [1.82, 2.24) is 19.7 Å². The SMILES string of the molecule is Cc1ccc(-c2cc(C(=O)N3CCCN(c4ccc(C#N)cc4)CC3)c3cnn(C(C)C)c3n2)s1. The Balaban J connectivity index is 1.46. The summed E-state index contributed by atoms with van der Waals surface area (Å²) in [5.74, 6) is 0.0249. The molecule has 1 aliphatic heterocycles. The van der Waals surface area contributed by atoms with E-state index in [1.165, 1.54) is 4.88 Å². The minimum absolute atomic E-state index is 0.0249. The Labute approximate surface area is 209 Å². The third kappa shape index (κ3) is 4.52. The van der Waals surface area contributed by atoms with Gasteiger partial charge in [0.2, 0.25) is 0 Å². The average Bonchev–Trinajstić information content (AvgIpc) is 3.42. The molecule has 1 amide bonds. The first-order valence-electron chi connectivity index (χ1n) is 11.9. The summed E-state index contributed by atoms with van der Waals surface area (Å²) in [4.78, 5) is 25.3. The second-order valence-electron chi connectivity index (χ2n) is 9.18. The molecule has 35 heavy (non-hydrogen) atoms. The Morgan fingerprint density at radius 2 is 1.89 bits per heavy atom. The maximum Gasteiger partial charge on any atom is 0.254 e. The predicted molar refractivity (Wildman–Crippen MR) is 140 cm³/mol. The fourth-order valence-electron chi connectivity index (χ4n) is 4.57. The molecule has 0 aliphatic carbocycles. The second kappa shape index (κ2) is 9.51. The van der Waals surface area contributed by atoms with Gasteiger partial charge in [0.05, 0.1) is 39.4 Å². The zero-order valence-electron chi connectivity index (χ0n) is 20.2. The smallest absolute Gasteiger partial charge is 0.254 e. The van der Waals surface area contributed by atoms with Crippen molar-refractivity contribution in [2.75, 3.05) is 31.1 Å². The van der Waals surface area contributed by atoms with Gasteiger partial charge in [0.1, 0.15) is 0 Å². The Bertz CT molecular complexity index is 1410. The number of aromatic nitrogens is 3. The summed E-state index contributed by atoms with van der Waals surface area (Å²) in [5.41, 5.74) is 3.96. The van der Waals surface area contributed by atoms with Gasteiger partial charge in [0.15, 0.2) is 5.65 Å². The first kappa shape index (κ1) is 23.1. The number of thiophene rings is 1. The highest BCUT2D eigenvalue weighted by Crippen LogP contribution is 2.31. The van der Waals surface area contributed by atoms with Crippen LogP contribution in [0.25, 0.3) is 21.6 Å². The number of hydrogen-bond donors (Lipinski definition) is 0. The van der Waals surface area contributed by atoms with Gasteiger partial charge in [-0.15, -0.1) is 11.3 Å². The zero-order valence-corrected chi connectivity index (χ0v) is 21.0. The topological polar surface area (TPSA) is 78.0 Å². The fourth-order valence-corrected chi connectivity index (χ4v) is 5.40. The molecule has 1 aliphatic rings. The van der Waals surface area contributed by atoms with Crippen LogP contribution in [0.5, 0.6) is 0 Å². The van der Waals surface area contributed by atoms with Gasteiger partial charge >= 0.3 is 0 Å². The molecule has 1 aromatic carbocycles. The van der Waals surface area contributed by atoms with Crippen LogP contribution in [0.2, 0.25) is 0 Å². The van der Waals surface area contributed by atoms with Gasteiger partial charge in [-0.25, -0.2) is 9.67 Å². The van der Waals surface area contributed by atoms with E-state index in [1.807, 2.05) is 39.9 Å². The van der Waals surface area contributed by atoms with Crippen LogP contribution in [0, 0.1) is 18.3 Å². The van der Waals surface area contributed by atoms with E-state index in [-0.39, 0.29) is 11.9 Å². The number of amides is 1. The number of anilines is 1. The highest BCUT2D eigenvalue weighted by Gasteiger charge is 2.25. The number of carbonyl (C=O) groups is 1. The maximum absolute atomic E-state index is 13.9. The van der Waals surface area contributed by atoms with Gasteiger partial charge in [0.25, 0.3) is 5.91 Å². The van der Waals surface area contributed by atoms with Gasteiger partial charge in [0, 0.05) is 42.8 Å². The van der Waals surface area contributed by atoms with Crippen LogP contribution in [-0.4, -0.2) is 51.8 Å². The summed E-state index contributed by atoms with van der Waals surface area (Å²) in [7, 11) is 0. The molecule has 1 saturated heterocycles. The summed E-state index contributed by atoms with van der Waals surface area (Å²) in [5, 5.41) is 14.4. The molecule has 0 atom stereocenters. The average molecular weight is 485 g/mol. The van der Waals surface area contributed by atoms with Gasteiger partial charge in [-0.3, -0.25) is 4.79 Å². The van der Waals surface area contributed by atoms with Crippen molar-refractivity contribution in [3.63, 3.8) is 0 Å². The van der Waals surface area contributed by atoms with Crippen LogP contribution in [0.15, 0.2) is 48.7 Å². The maximum atomic E-state index is 13.9. The molecule has 7 nitrogen and oxygen atoms in total. The number of carbonyl (C=O) groups excluding carboxylic acids is 1. The summed E-state index contributed by atoms with van der Waals surface area (Å²) < 4.78 is 1.89. The second-order valence-corrected chi connectivity index (χ2v) is 10.5. The largest absolute Gasteiger partial charge is 0.370 e. The molecule has 8 heteroatoms. The summed E-state index contributed by atoms with van der Waals surface area (Å²) in [6.07, 6.45) is 2.65. The van der Waals surface area contributed by atoms with Crippen LogP contribution in [0.1, 0.15) is 47.1 Å². The van der Waals surface area contributed by atoms with Crippen molar-refractivity contribution in [2.45, 2.75) is 33.2 Å². The van der Waals surface area contributed by atoms with E-state index in [0.717, 1.165) is 46.8 Å². The van der Waals surface area contributed by atoms with Crippen molar-refractivity contribution in [2.24, 2.45) is 0 Å². The van der Waals surface area contributed by atoms with Crippen LogP contribution in [0.4, 0.5) is 5.69 Å². The van der Waals surface area contributed by atoms with Crippen molar-refractivity contribution in [3.8, 4) is 16.6 Å². The number of benzene rings is 1. The standard InChI is InChI=1S/C27H28N6OS/c1-18(2)33-26-23(17-29-33)22(15-24(30-26)25-10-5-19(3)35-25)27(34)32-12-4-11-31(13-14-32)21-8-6-20(16-28)7-9-21/h5-10,15,17-18H,4,11-14H2,1-3H3. The Morgan fingerprint density at radius 3 is 2.57 bits per heavy atom. The molecule has 0 bridgehead atoms. The van der Waals surface area contributed by atoms with Gasteiger partial charge in [-0.1, -0.05) is 0 Å². The lowest BCUT2D eigenvalue weighted by atomic mass is 10.1. The van der Waals surface area contributed by atoms with Gasteiger partial charge in [-0.2, -0.15) is 10.4 Å². The number of hydrogen-bond acceptors (Lipinski definition) is 6. The van der Waals surface area contributed by atoms with Gasteiger partial charge < -0.3 is 9.80 Å². The van der Waals surface area contributed by atoms with Crippen LogP contribution in [-0.2, 0) is 0 Å². The number of aryl methyl sites for hydroxylation is 1. The zero-order chi connectivity index (χ0) is 24.5. The molecule has 1 fully saturated rings. The molecule has 4 heterocycles. The number of nitriles is 1. The lowest BCUT2D eigenvalue weighted by molar-refractivity contribution is 0.0769. The predicted octanol–water partition coefficient (Wildman–Crippen LogP) is 5.27. The molecule has 0 spiro atoms. The van der Waals surface area contributed by atoms with E-state index in [9.17, 15) is 4.79 Å². The first-order valence-corrected chi connectivity index (χ1v) is 12.8. The lowest BCUT2D eigenvalue weighted by Crippen LogP contribution is -2.35. The number of pyridine rings is 1. The molecule has 0 unspecified atom stereocenters. The summed E-state index contributed by atoms with van der Waals surface area (Å²) in [6, 6.07) is 16.1. The molecule has 0 radical (unpaired) electrons. The highest BCUT2D eigenvalue weighted by molar-refractivity contribution is 7.15. The minimum Gasteiger partial charge on any atom is -0.370 e. The monoisotopic (exact) mass is 484 g/mol. The van der Waals surface area contributed by atoms with E-state index in [1.54, 1.807) is 17.5 Å². The molecule has 0 N–H and O–H groups in total. The Kier molecular flexibility index (Phi) is 6.27. The van der Waals surface area contributed by atoms with Crippen molar-refractivity contribution in [1.29, 1.82) is 5.26 Å². The fraction of sp³-hybridized carbons (Fsp3) is 0.333. The summed E-state index contributed by atoms with van der Waals surface area (Å²) in [6.45, 7) is 9.17. The Morgan fingerprint density at radius 1 is 1.09 bits per heavy atom. The normalized spacial score (nSPS) is 14.4. The van der Waals surface area contributed by atoms with E-state index >= 15 is 0 Å². The van der Waals surface area contributed by atoms with Gasteiger partial charge in [-0.05, 0) is 69.7 Å². The van der Waals surface area contributed by atoms with Crippen LogP contribution < -0.4 is 4.90 Å². The van der Waals surface area contributed by atoms with E-state index in [2.05, 4.69) is 49.0 Å². The van der Waals surface area contributed by atoms with Crippen LogP contribution >= 0.6 is 11.3 Å². The number of nitrogens with zero attached hydrogens (tertiary/aromatic N) is 6. The molecule has 0 saturated carbocycles. The van der Waals surface area contributed by atoms with Crippen molar-refractivity contribution >= 4 is 34.0 Å². The lowest BCUT2D eigenvalue weighted by Gasteiger charge is -2.24. The number of fused-ring (bicyclic) bond motifs is 1. The van der Waals surface area contributed by atoms with Crippen molar-refractivity contribution in [3.05, 3.63) is 64.7 Å². The molecule has 178 valence electrons. The Hall–Kier alpha value is -3.70. The van der Waals surface area contributed by atoms with Crippen LogP contribution in [0.3, 0.4) is 0 Å². The highest BCUT2D eigenvalue weighted by atomic mass is 32.1. The summed E-state index contributed by atoms with van der Waals surface area (Å²) >= 11 is 1.68. The van der Waals surface area contributed by atoms with E-state index < -0.39 is 0 Å². The molecular weight excluding hydrogens is 456 g/mol. The molecule has 5 rings (SSSR count). The number of rotatable bonds is 4. The molecule has 4 aromatic rings. The van der Waals surface area contributed by atoms with Crippen molar-refractivity contribution < 1.29 is 4.79 Å². The third-order valence-electron chi connectivity index (χ3n) is 6.42. The van der Waals surface area contributed by atoms with E-state index in [0.29, 0.717) is 24.2 Å². The molecule has 3 aromatic heterocycles. The molecular formula is C27H28N6OS.